The van der Waals surface area contributed by atoms with Gasteiger partial charge in [-0.2, -0.15) is 0 Å². The monoisotopic (exact) mass is 403 g/mol. The van der Waals surface area contributed by atoms with Crippen molar-refractivity contribution in [3.63, 3.8) is 0 Å². The van der Waals surface area contributed by atoms with Gasteiger partial charge in [0.2, 0.25) is 0 Å². The van der Waals surface area contributed by atoms with Gasteiger partial charge >= 0.3 is 5.97 Å². The minimum atomic E-state index is -0.574. The summed E-state index contributed by atoms with van der Waals surface area (Å²) in [6.45, 7) is 1.65. The van der Waals surface area contributed by atoms with E-state index in [0.717, 1.165) is 10.6 Å². The van der Waals surface area contributed by atoms with Crippen LogP contribution in [0.1, 0.15) is 17.3 Å². The Morgan fingerprint density at radius 3 is 2.41 bits per heavy atom. The van der Waals surface area contributed by atoms with Crippen LogP contribution in [0.3, 0.4) is 0 Å². The molecule has 1 amide bonds. The molecule has 0 unspecified atom stereocenters. The quantitative estimate of drug-likeness (QED) is 0.372. The van der Waals surface area contributed by atoms with Crippen LogP contribution in [-0.2, 0) is 14.3 Å². The highest BCUT2D eigenvalue weighted by molar-refractivity contribution is 8.00. The summed E-state index contributed by atoms with van der Waals surface area (Å²) in [5.74, 6) is 0.121. The zero-order valence-corrected chi connectivity index (χ0v) is 16.6. The molecular formula is C20H21NO4S2. The molecule has 0 bridgehead atoms. The van der Waals surface area contributed by atoms with Crippen molar-refractivity contribution < 1.29 is 19.1 Å². The first-order chi connectivity index (χ1) is 13.1. The summed E-state index contributed by atoms with van der Waals surface area (Å²) in [6.07, 6.45) is 0. The second-order valence-corrected chi connectivity index (χ2v) is 7.76. The van der Waals surface area contributed by atoms with Gasteiger partial charge < -0.3 is 10.1 Å². The Morgan fingerprint density at radius 1 is 0.963 bits per heavy atom. The minimum Gasteiger partial charge on any atom is -0.452 e. The van der Waals surface area contributed by atoms with Crippen LogP contribution >= 0.6 is 23.5 Å². The highest BCUT2D eigenvalue weighted by Crippen LogP contribution is 2.23. The molecule has 0 aliphatic carbocycles. The number of Topliss-reactive ketones (excluding diaryl/α,β-unsaturated/α-hetero) is 1. The molecule has 2 rings (SSSR count). The average Bonchev–Trinajstić information content (AvgIpc) is 2.69. The molecule has 2 aromatic carbocycles. The Balaban J connectivity index is 1.73. The van der Waals surface area contributed by atoms with Gasteiger partial charge in [-0.15, -0.1) is 23.5 Å². The van der Waals surface area contributed by atoms with Gasteiger partial charge in [0, 0.05) is 22.1 Å². The number of carbonyl (C=O) groups excluding carboxylic acids is 3. The van der Waals surface area contributed by atoms with Crippen molar-refractivity contribution in [2.45, 2.75) is 16.7 Å². The third-order valence-corrected chi connectivity index (χ3v) is 5.54. The second-order valence-electron chi connectivity index (χ2n) is 5.57. The van der Waals surface area contributed by atoms with Crippen LogP contribution in [0.4, 0.5) is 0 Å². The lowest BCUT2D eigenvalue weighted by Crippen LogP contribution is -2.30. The molecule has 1 N–H and O–H groups in total. The van der Waals surface area contributed by atoms with Crippen molar-refractivity contribution in [2.24, 2.45) is 0 Å². The summed E-state index contributed by atoms with van der Waals surface area (Å²) in [5, 5.41) is 2.73. The van der Waals surface area contributed by atoms with E-state index < -0.39 is 5.97 Å². The predicted octanol–water partition coefficient (Wildman–Crippen LogP) is 3.43. The van der Waals surface area contributed by atoms with E-state index in [9.17, 15) is 14.4 Å². The predicted molar refractivity (Wildman–Crippen MR) is 108 cm³/mol. The number of hydrogen-bond acceptors (Lipinski definition) is 6. The standard InChI is InChI=1S/C20H21NO4S2/c1-15(22)14-27-18-10-6-5-9-17(18)20(24)25-13-19(23)21-11-12-26-16-7-3-2-4-8-16/h2-10H,11-14H2,1H3,(H,21,23). The fraction of sp³-hybridized carbons (Fsp3) is 0.250. The SMILES string of the molecule is CC(=O)CSc1ccccc1C(=O)OCC(=O)NCCSc1ccccc1. The number of rotatable bonds is 10. The molecular weight excluding hydrogens is 382 g/mol. The number of nitrogens with one attached hydrogen (secondary N) is 1. The number of esters is 1. The number of amides is 1. The zero-order chi connectivity index (χ0) is 19.5. The van der Waals surface area contributed by atoms with E-state index >= 15 is 0 Å². The highest BCUT2D eigenvalue weighted by atomic mass is 32.2. The van der Waals surface area contributed by atoms with Crippen molar-refractivity contribution in [3.8, 4) is 0 Å². The van der Waals surface area contributed by atoms with E-state index in [4.69, 9.17) is 4.74 Å². The molecule has 7 heteroatoms. The fourth-order valence-electron chi connectivity index (χ4n) is 2.08. The molecule has 0 radical (unpaired) electrons. The smallest absolute Gasteiger partial charge is 0.339 e. The fourth-order valence-corrected chi connectivity index (χ4v) is 3.71. The molecule has 0 saturated heterocycles. The van der Waals surface area contributed by atoms with Crippen LogP contribution in [0.15, 0.2) is 64.4 Å². The Hall–Kier alpha value is -2.25. The molecule has 0 aliphatic rings. The van der Waals surface area contributed by atoms with Gasteiger partial charge in [0.05, 0.1) is 11.3 Å². The van der Waals surface area contributed by atoms with Crippen LogP contribution in [0.25, 0.3) is 0 Å². The molecule has 5 nitrogen and oxygen atoms in total. The molecule has 0 aromatic heterocycles. The Morgan fingerprint density at radius 2 is 1.67 bits per heavy atom. The van der Waals surface area contributed by atoms with Crippen molar-refractivity contribution in [3.05, 3.63) is 60.2 Å². The van der Waals surface area contributed by atoms with Gasteiger partial charge in [0.25, 0.3) is 5.91 Å². The average molecular weight is 404 g/mol. The molecule has 2 aromatic rings. The van der Waals surface area contributed by atoms with Crippen molar-refractivity contribution >= 4 is 41.2 Å². The summed E-state index contributed by atoms with van der Waals surface area (Å²) in [6, 6.07) is 16.8. The van der Waals surface area contributed by atoms with E-state index in [2.05, 4.69) is 5.32 Å². The highest BCUT2D eigenvalue weighted by Gasteiger charge is 2.14. The number of ether oxygens (including phenoxy) is 1. The molecule has 27 heavy (non-hydrogen) atoms. The molecule has 0 atom stereocenters. The molecule has 0 saturated carbocycles. The Labute approximate surface area is 167 Å². The van der Waals surface area contributed by atoms with E-state index in [1.54, 1.807) is 36.0 Å². The summed E-state index contributed by atoms with van der Waals surface area (Å²) in [4.78, 5) is 37.0. The maximum Gasteiger partial charge on any atom is 0.339 e. The third kappa shape index (κ3) is 7.88. The summed E-state index contributed by atoms with van der Waals surface area (Å²) in [5.41, 5.74) is 0.358. The lowest BCUT2D eigenvalue weighted by atomic mass is 10.2. The number of ketones is 1. The Bertz CT molecular complexity index is 781. The Kier molecular flexibility index (Phi) is 8.94. The van der Waals surface area contributed by atoms with Crippen molar-refractivity contribution in [1.29, 1.82) is 0 Å². The van der Waals surface area contributed by atoms with Gasteiger partial charge in [-0.1, -0.05) is 30.3 Å². The summed E-state index contributed by atoms with van der Waals surface area (Å²) < 4.78 is 5.10. The molecule has 0 spiro atoms. The van der Waals surface area contributed by atoms with Crippen LogP contribution < -0.4 is 5.32 Å². The van der Waals surface area contributed by atoms with E-state index in [1.165, 1.54) is 18.7 Å². The van der Waals surface area contributed by atoms with Gasteiger partial charge in [-0.25, -0.2) is 4.79 Å². The van der Waals surface area contributed by atoms with E-state index in [0.29, 0.717) is 17.0 Å². The van der Waals surface area contributed by atoms with Crippen LogP contribution in [0.5, 0.6) is 0 Å². The second kappa shape index (κ2) is 11.5. The number of benzene rings is 2. The van der Waals surface area contributed by atoms with E-state index in [1.807, 2.05) is 30.3 Å². The van der Waals surface area contributed by atoms with Crippen LogP contribution in [-0.4, -0.2) is 42.3 Å². The molecule has 0 fully saturated rings. The van der Waals surface area contributed by atoms with Crippen LogP contribution in [0, 0.1) is 0 Å². The van der Waals surface area contributed by atoms with Gasteiger partial charge in [-0.3, -0.25) is 9.59 Å². The summed E-state index contributed by atoms with van der Waals surface area (Å²) in [7, 11) is 0. The normalized spacial score (nSPS) is 10.3. The maximum absolute atomic E-state index is 12.2. The first kappa shape index (κ1) is 21.1. The lowest BCUT2D eigenvalue weighted by Gasteiger charge is -2.09. The van der Waals surface area contributed by atoms with Gasteiger partial charge in [0.1, 0.15) is 5.78 Å². The summed E-state index contributed by atoms with van der Waals surface area (Å²) >= 11 is 2.92. The van der Waals surface area contributed by atoms with E-state index in [-0.39, 0.29) is 24.1 Å². The largest absolute Gasteiger partial charge is 0.452 e. The first-order valence-electron chi connectivity index (χ1n) is 8.39. The first-order valence-corrected chi connectivity index (χ1v) is 10.4. The maximum atomic E-state index is 12.2. The molecule has 0 aliphatic heterocycles. The van der Waals surface area contributed by atoms with Crippen LogP contribution in [0.2, 0.25) is 0 Å². The number of hydrogen-bond donors (Lipinski definition) is 1. The molecule has 142 valence electrons. The van der Waals surface area contributed by atoms with Crippen molar-refractivity contribution in [1.82, 2.24) is 5.32 Å². The van der Waals surface area contributed by atoms with Gasteiger partial charge in [-0.05, 0) is 31.2 Å². The third-order valence-electron chi connectivity index (χ3n) is 3.31. The number of carbonyl (C=O) groups is 3. The number of thioether (sulfide) groups is 2. The zero-order valence-electron chi connectivity index (χ0n) is 15.0. The topological polar surface area (TPSA) is 72.5 Å². The van der Waals surface area contributed by atoms with Gasteiger partial charge in [0.15, 0.2) is 6.61 Å². The lowest BCUT2D eigenvalue weighted by molar-refractivity contribution is -0.124. The minimum absolute atomic E-state index is 0.0240. The molecule has 0 heterocycles. The van der Waals surface area contributed by atoms with Crippen molar-refractivity contribution in [2.75, 3.05) is 24.7 Å².